The van der Waals surface area contributed by atoms with Crippen LogP contribution in [0.25, 0.3) is 0 Å². The molecule has 0 aliphatic carbocycles. The number of imidazole rings is 1. The Kier molecular flexibility index (Phi) is 31.8. The number of hydrogen-bond acceptors (Lipinski definition) is 8. The Morgan fingerprint density at radius 3 is 1.48 bits per heavy atom. The summed E-state index contributed by atoms with van der Waals surface area (Å²) in [5.74, 6) is 0.802. The average Bonchev–Trinajstić information content (AvgIpc) is 3.56. The topological polar surface area (TPSA) is 114 Å². The van der Waals surface area contributed by atoms with Gasteiger partial charge in [0.25, 0.3) is 0 Å². The molecule has 0 bridgehead atoms. The predicted octanol–water partition coefficient (Wildman–Crippen LogP) is 10.7. The summed E-state index contributed by atoms with van der Waals surface area (Å²) < 4.78 is 13.7. The second kappa shape index (κ2) is 34.3. The molecule has 0 saturated heterocycles. The van der Waals surface area contributed by atoms with Crippen molar-refractivity contribution in [1.29, 1.82) is 0 Å². The molecule has 0 saturated carbocycles. The number of carbonyl (C=O) groups is 2. The zero-order valence-corrected chi connectivity index (χ0v) is 35.8. The van der Waals surface area contributed by atoms with Crippen molar-refractivity contribution in [2.75, 3.05) is 19.6 Å². The lowest BCUT2D eigenvalue weighted by Gasteiger charge is -2.27. The van der Waals surface area contributed by atoms with Crippen LogP contribution < -0.4 is 0 Å². The molecule has 9 nitrogen and oxygen atoms in total. The molecule has 9 heteroatoms. The van der Waals surface area contributed by atoms with E-state index in [0.717, 1.165) is 102 Å². The fourth-order valence-corrected chi connectivity index (χ4v) is 7.28. The van der Waals surface area contributed by atoms with E-state index in [-0.39, 0.29) is 24.1 Å². The monoisotopic (exact) mass is 764 g/mol. The first-order valence-electron chi connectivity index (χ1n) is 22.7. The number of aromatic nitrogens is 2. The summed E-state index contributed by atoms with van der Waals surface area (Å²) in [4.78, 5) is 31.4. The molecule has 0 fully saturated rings. The fraction of sp³-hybridized carbons (Fsp3) is 0.889. The summed E-state index contributed by atoms with van der Waals surface area (Å²) >= 11 is 0. The third-order valence-corrected chi connectivity index (χ3v) is 10.8. The van der Waals surface area contributed by atoms with Gasteiger partial charge < -0.3 is 24.3 Å². The molecular weight excluding hydrogens is 679 g/mol. The molecule has 316 valence electrons. The largest absolute Gasteiger partial charge is 0.462 e. The number of aliphatic hydroxyl groups is 2. The average molecular weight is 764 g/mol. The third-order valence-electron chi connectivity index (χ3n) is 10.8. The van der Waals surface area contributed by atoms with Crippen molar-refractivity contribution < 1.29 is 29.3 Å². The quantitative estimate of drug-likeness (QED) is 0.0505. The van der Waals surface area contributed by atoms with E-state index in [1.54, 1.807) is 0 Å². The van der Waals surface area contributed by atoms with Crippen LogP contribution in [0.2, 0.25) is 0 Å². The summed E-state index contributed by atoms with van der Waals surface area (Å²) in [6.07, 6.45) is 29.7. The number of hydrogen-bond donors (Lipinski definition) is 2. The first kappa shape index (κ1) is 50.0. The van der Waals surface area contributed by atoms with Gasteiger partial charge in [0.2, 0.25) is 0 Å². The van der Waals surface area contributed by atoms with Crippen LogP contribution in [-0.4, -0.2) is 80.7 Å². The molecule has 0 amide bonds. The first-order chi connectivity index (χ1) is 26.2. The highest BCUT2D eigenvalue weighted by Crippen LogP contribution is 2.17. The molecule has 3 unspecified atom stereocenters. The molecule has 1 aromatic rings. The highest BCUT2D eigenvalue weighted by atomic mass is 16.5. The molecule has 1 rings (SSSR count). The molecule has 4 atom stereocenters. The maximum atomic E-state index is 12.5. The lowest BCUT2D eigenvalue weighted by molar-refractivity contribution is -0.150. The second-order valence-electron chi connectivity index (χ2n) is 15.9. The molecule has 1 aromatic heterocycles. The summed E-state index contributed by atoms with van der Waals surface area (Å²) in [5, 5.41) is 21.9. The van der Waals surface area contributed by atoms with Crippen molar-refractivity contribution >= 4 is 11.9 Å². The number of carbonyl (C=O) groups excluding carboxylic acids is 2. The Bertz CT molecular complexity index is 963. The van der Waals surface area contributed by atoms with Gasteiger partial charge in [-0.2, -0.15) is 0 Å². The Morgan fingerprint density at radius 1 is 0.630 bits per heavy atom. The Morgan fingerprint density at radius 2 is 1.06 bits per heavy atom. The van der Waals surface area contributed by atoms with E-state index in [1.807, 2.05) is 19.3 Å². The standard InChI is InChI=1S/C45H85N3O6/c1-6-10-12-14-16-22-29-42(8-3)53-44(51)31-24-18-20-27-40(49)37-47(34-26-35-48-36-33-46-39(48)5)38-41(50)28-21-19-25-32-45(52)54-43(9-4)30-23-17-15-13-11-7-2/h33,36,40-43,49-50H,6-32,34-35,37-38H2,1-5H3/t40-,41?,42?,43?/m1/s1. The van der Waals surface area contributed by atoms with E-state index < -0.39 is 12.2 Å². The van der Waals surface area contributed by atoms with Gasteiger partial charge in [0.1, 0.15) is 18.0 Å². The van der Waals surface area contributed by atoms with E-state index in [2.05, 4.69) is 42.1 Å². The molecule has 54 heavy (non-hydrogen) atoms. The highest BCUT2D eigenvalue weighted by Gasteiger charge is 2.18. The zero-order chi connectivity index (χ0) is 39.7. The highest BCUT2D eigenvalue weighted by molar-refractivity contribution is 5.69. The van der Waals surface area contributed by atoms with Gasteiger partial charge in [-0.1, -0.05) is 118 Å². The van der Waals surface area contributed by atoms with E-state index >= 15 is 0 Å². The van der Waals surface area contributed by atoms with Crippen molar-refractivity contribution in [3.8, 4) is 0 Å². The molecular formula is C45H85N3O6. The molecule has 0 aliphatic heterocycles. The fourth-order valence-electron chi connectivity index (χ4n) is 7.28. The van der Waals surface area contributed by atoms with E-state index in [1.165, 1.54) is 64.2 Å². The van der Waals surface area contributed by atoms with Crippen molar-refractivity contribution in [3.05, 3.63) is 18.2 Å². The summed E-state index contributed by atoms with van der Waals surface area (Å²) in [6, 6.07) is 0. The molecule has 0 aliphatic rings. The Labute approximate surface area is 331 Å². The van der Waals surface area contributed by atoms with Gasteiger partial charge in [0.15, 0.2) is 0 Å². The number of aryl methyl sites for hydroxylation is 2. The van der Waals surface area contributed by atoms with Crippen LogP contribution in [0.4, 0.5) is 0 Å². The smallest absolute Gasteiger partial charge is 0.306 e. The SMILES string of the molecule is CCCCCCCCC(CC)OC(=O)CCCCCC(O)CN(CCCn1ccnc1C)C[C@H](O)CCCCCC(=O)OC(CC)CCCCCCCC. The van der Waals surface area contributed by atoms with Gasteiger partial charge in [-0.15, -0.1) is 0 Å². The number of aliphatic hydroxyl groups excluding tert-OH is 2. The van der Waals surface area contributed by atoms with Gasteiger partial charge in [-0.05, 0) is 77.6 Å². The van der Waals surface area contributed by atoms with Crippen LogP contribution in [0.15, 0.2) is 12.4 Å². The number of unbranched alkanes of at least 4 members (excludes halogenated alkanes) is 14. The van der Waals surface area contributed by atoms with Crippen LogP contribution in [0.3, 0.4) is 0 Å². The van der Waals surface area contributed by atoms with Gasteiger partial charge in [-0.25, -0.2) is 4.98 Å². The minimum Gasteiger partial charge on any atom is -0.462 e. The predicted molar refractivity (Wildman–Crippen MR) is 223 cm³/mol. The number of esters is 2. The number of ether oxygens (including phenoxy) is 2. The van der Waals surface area contributed by atoms with Gasteiger partial charge in [-0.3, -0.25) is 14.5 Å². The lowest BCUT2D eigenvalue weighted by atomic mass is 10.1. The van der Waals surface area contributed by atoms with E-state index in [9.17, 15) is 19.8 Å². The van der Waals surface area contributed by atoms with Crippen LogP contribution in [0, 0.1) is 6.92 Å². The van der Waals surface area contributed by atoms with Crippen LogP contribution >= 0.6 is 0 Å². The lowest BCUT2D eigenvalue weighted by Crippen LogP contribution is -2.39. The van der Waals surface area contributed by atoms with Crippen molar-refractivity contribution in [2.24, 2.45) is 0 Å². The second-order valence-corrected chi connectivity index (χ2v) is 15.9. The zero-order valence-electron chi connectivity index (χ0n) is 35.8. The minimum atomic E-state index is -0.486. The first-order valence-corrected chi connectivity index (χ1v) is 22.7. The molecule has 0 spiro atoms. The van der Waals surface area contributed by atoms with Crippen LogP contribution in [-0.2, 0) is 25.6 Å². The van der Waals surface area contributed by atoms with Crippen molar-refractivity contribution in [3.63, 3.8) is 0 Å². The maximum Gasteiger partial charge on any atom is 0.306 e. The van der Waals surface area contributed by atoms with Gasteiger partial charge in [0.05, 0.1) is 12.2 Å². The summed E-state index contributed by atoms with van der Waals surface area (Å²) in [5.41, 5.74) is 0. The van der Waals surface area contributed by atoms with Crippen LogP contribution in [0.5, 0.6) is 0 Å². The van der Waals surface area contributed by atoms with Gasteiger partial charge >= 0.3 is 11.9 Å². The van der Waals surface area contributed by atoms with Crippen LogP contribution in [0.1, 0.15) is 207 Å². The summed E-state index contributed by atoms with van der Waals surface area (Å²) in [7, 11) is 0. The third kappa shape index (κ3) is 27.6. The Hall–Kier alpha value is -1.97. The molecule has 0 radical (unpaired) electrons. The van der Waals surface area contributed by atoms with Gasteiger partial charge in [0, 0.05) is 51.4 Å². The molecule has 2 N–H and O–H groups in total. The minimum absolute atomic E-state index is 0.0337. The maximum absolute atomic E-state index is 12.5. The normalized spacial score (nSPS) is 13.9. The number of rotatable bonds is 38. The van der Waals surface area contributed by atoms with Crippen molar-refractivity contribution in [2.45, 2.75) is 239 Å². The molecule has 1 heterocycles. The number of nitrogens with zero attached hydrogens (tertiary/aromatic N) is 3. The summed E-state index contributed by atoms with van der Waals surface area (Å²) in [6.45, 7) is 13.3. The van der Waals surface area contributed by atoms with E-state index in [0.29, 0.717) is 38.8 Å². The van der Waals surface area contributed by atoms with E-state index in [4.69, 9.17) is 9.47 Å². The van der Waals surface area contributed by atoms with Crippen molar-refractivity contribution in [1.82, 2.24) is 14.5 Å². The molecule has 0 aromatic carbocycles. The Balaban J connectivity index is 2.37.